The Labute approximate surface area is 144 Å². The summed E-state index contributed by atoms with van der Waals surface area (Å²) in [5.74, 6) is 1.05. The Hall–Kier alpha value is -1.07. The molecule has 0 aromatic heterocycles. The Bertz CT molecular complexity index is 646. The number of hydrogen-bond acceptors (Lipinski definition) is 1. The molecule has 0 amide bonds. The third kappa shape index (κ3) is 3.13. The number of benzene rings is 1. The van der Waals surface area contributed by atoms with Crippen molar-refractivity contribution in [3.05, 3.63) is 46.8 Å². The average Bonchev–Trinajstić information content (AvgIpc) is 2.96. The summed E-state index contributed by atoms with van der Waals surface area (Å²) in [5.41, 5.74) is 0. The molecule has 3 heteroatoms. The summed E-state index contributed by atoms with van der Waals surface area (Å²) in [6.07, 6.45) is 5.95. The minimum atomic E-state index is -1.74. The van der Waals surface area contributed by atoms with Crippen molar-refractivity contribution < 1.29 is 4.74 Å². The molecule has 1 aromatic carbocycles. The van der Waals surface area contributed by atoms with Gasteiger partial charge in [0, 0.05) is 0 Å². The van der Waals surface area contributed by atoms with Gasteiger partial charge in [0.1, 0.15) is 13.8 Å². The third-order valence-electron chi connectivity index (χ3n) is 6.01. The van der Waals surface area contributed by atoms with Crippen molar-refractivity contribution in [1.82, 2.24) is 0 Å². The van der Waals surface area contributed by atoms with Crippen LogP contribution in [-0.2, 0) is 0 Å². The quantitative estimate of drug-likeness (QED) is 0.660. The first kappa shape index (κ1) is 18.3. The van der Waals surface area contributed by atoms with E-state index in [1.54, 1.807) is 17.5 Å². The first-order valence-corrected chi connectivity index (χ1v) is 14.6. The zero-order valence-electron chi connectivity index (χ0n) is 16.1. The highest BCUT2D eigenvalue weighted by Gasteiger charge is 2.43. The maximum Gasteiger partial charge on any atom is 0.118 e. The molecule has 0 fully saturated rings. The van der Waals surface area contributed by atoms with E-state index in [1.165, 1.54) is 5.19 Å². The van der Waals surface area contributed by atoms with Gasteiger partial charge in [0.05, 0.1) is 15.2 Å². The average molecular weight is 345 g/mol. The van der Waals surface area contributed by atoms with Gasteiger partial charge in [-0.2, -0.15) is 0 Å². The zero-order valence-corrected chi connectivity index (χ0v) is 18.1. The van der Waals surface area contributed by atoms with Crippen LogP contribution in [0, 0.1) is 0 Å². The predicted molar refractivity (Wildman–Crippen MR) is 108 cm³/mol. The molecule has 0 saturated heterocycles. The first-order chi connectivity index (χ1) is 10.5. The molecule has 0 atom stereocenters. The second-order valence-electron chi connectivity index (χ2n) is 8.70. The number of hydrogen-bond donors (Lipinski definition) is 0. The van der Waals surface area contributed by atoms with Crippen LogP contribution in [0.1, 0.15) is 27.2 Å². The summed E-state index contributed by atoms with van der Waals surface area (Å²) in [4.78, 5) is 0. The second kappa shape index (κ2) is 6.10. The fraction of sp³-hybridized carbons (Fsp3) is 0.500. The maximum atomic E-state index is 5.68. The van der Waals surface area contributed by atoms with Gasteiger partial charge in [0.15, 0.2) is 0 Å². The molecular weight excluding hydrogens is 312 g/mol. The van der Waals surface area contributed by atoms with Crippen molar-refractivity contribution in [2.75, 3.05) is 7.11 Å². The van der Waals surface area contributed by atoms with E-state index in [0.717, 1.165) is 12.2 Å². The largest absolute Gasteiger partial charge is 0.497 e. The van der Waals surface area contributed by atoms with E-state index in [-0.39, 0.29) is 0 Å². The van der Waals surface area contributed by atoms with Crippen LogP contribution in [-0.4, -0.2) is 23.3 Å². The van der Waals surface area contributed by atoms with Gasteiger partial charge in [0.2, 0.25) is 0 Å². The highest BCUT2D eigenvalue weighted by molar-refractivity contribution is 6.99. The van der Waals surface area contributed by atoms with Crippen molar-refractivity contribution in [3.8, 4) is 5.75 Å². The van der Waals surface area contributed by atoms with Gasteiger partial charge in [-0.05, 0) is 22.7 Å². The molecule has 2 rings (SSSR count). The molecule has 1 aliphatic carbocycles. The van der Waals surface area contributed by atoms with E-state index >= 15 is 0 Å². The van der Waals surface area contributed by atoms with Crippen LogP contribution in [0.3, 0.4) is 0 Å². The Balaban J connectivity index is 2.61. The molecule has 23 heavy (non-hydrogen) atoms. The molecule has 1 aromatic rings. The maximum absolute atomic E-state index is 5.68. The van der Waals surface area contributed by atoms with Gasteiger partial charge < -0.3 is 4.74 Å². The molecule has 0 saturated carbocycles. The summed E-state index contributed by atoms with van der Waals surface area (Å²) in [5, 5.41) is 5.20. The van der Waals surface area contributed by atoms with Crippen LogP contribution in [0.25, 0.3) is 0 Å². The summed E-state index contributed by atoms with van der Waals surface area (Å²) in [7, 11) is -1.46. The van der Waals surface area contributed by atoms with Crippen molar-refractivity contribution in [3.63, 3.8) is 0 Å². The Kier molecular flexibility index (Phi) is 4.85. The molecule has 0 heterocycles. The summed E-state index contributed by atoms with van der Waals surface area (Å²) >= 11 is 0. The van der Waals surface area contributed by atoms with Gasteiger partial charge >= 0.3 is 0 Å². The Morgan fingerprint density at radius 1 is 1.00 bits per heavy atom. The molecule has 0 radical (unpaired) electrons. The van der Waals surface area contributed by atoms with E-state index in [9.17, 15) is 0 Å². The van der Waals surface area contributed by atoms with Crippen LogP contribution in [0.4, 0.5) is 0 Å². The van der Waals surface area contributed by atoms with Crippen molar-refractivity contribution in [1.29, 1.82) is 0 Å². The van der Waals surface area contributed by atoms with E-state index in [1.807, 2.05) is 0 Å². The molecule has 0 unspecified atom stereocenters. The lowest BCUT2D eigenvalue weighted by molar-refractivity contribution is 0.418. The van der Waals surface area contributed by atoms with Crippen LogP contribution >= 0.6 is 0 Å². The summed E-state index contributed by atoms with van der Waals surface area (Å²) in [6, 6.07) is 8.61. The minimum Gasteiger partial charge on any atom is -0.497 e. The molecule has 1 aliphatic rings. The zero-order chi connectivity index (χ0) is 17.5. The van der Waals surface area contributed by atoms with Crippen LogP contribution in [0.5, 0.6) is 5.75 Å². The van der Waals surface area contributed by atoms with Crippen molar-refractivity contribution in [2.45, 2.75) is 58.4 Å². The topological polar surface area (TPSA) is 9.23 Å². The lowest BCUT2D eigenvalue weighted by atomic mass is 10.2. The Morgan fingerprint density at radius 2 is 1.61 bits per heavy atom. The standard InChI is InChI=1S/C20H32OSi2/c1-20(2,3)23(7,8)19-15-11-14-18(19)22(5,6)17-13-10-9-12-16(17)21-4/h9-13,15H,14H2,1-8H3. The van der Waals surface area contributed by atoms with E-state index < -0.39 is 16.1 Å². The smallest absolute Gasteiger partial charge is 0.118 e. The molecule has 0 aliphatic heterocycles. The number of ether oxygens (including phenoxy) is 1. The Morgan fingerprint density at radius 3 is 2.17 bits per heavy atom. The fourth-order valence-electron chi connectivity index (χ4n) is 3.41. The lowest BCUT2D eigenvalue weighted by Crippen LogP contribution is -2.48. The molecule has 0 bridgehead atoms. The fourth-order valence-corrected chi connectivity index (χ4v) is 10.5. The summed E-state index contributed by atoms with van der Waals surface area (Å²) < 4.78 is 5.68. The van der Waals surface area contributed by atoms with Crippen molar-refractivity contribution >= 4 is 21.3 Å². The molecule has 126 valence electrons. The highest BCUT2D eigenvalue weighted by Crippen LogP contribution is 2.45. The molecule has 1 nitrogen and oxygen atoms in total. The second-order valence-corrected chi connectivity index (χ2v) is 18.4. The minimum absolute atomic E-state index is 0.369. The normalized spacial score (nSPS) is 16.2. The number of para-hydroxylation sites is 1. The van der Waals surface area contributed by atoms with Gasteiger partial charge in [0.25, 0.3) is 0 Å². The number of rotatable bonds is 4. The van der Waals surface area contributed by atoms with E-state index in [4.69, 9.17) is 4.74 Å². The van der Waals surface area contributed by atoms with Crippen LogP contribution in [0.2, 0.25) is 31.2 Å². The van der Waals surface area contributed by atoms with Crippen molar-refractivity contribution in [2.24, 2.45) is 0 Å². The number of allylic oxidation sites excluding steroid dienone is 4. The highest BCUT2D eigenvalue weighted by atomic mass is 28.3. The van der Waals surface area contributed by atoms with Gasteiger partial charge in [-0.15, -0.1) is 0 Å². The third-order valence-corrected chi connectivity index (χ3v) is 15.6. The van der Waals surface area contributed by atoms with Gasteiger partial charge in [-0.25, -0.2) is 0 Å². The number of methoxy groups -OCH3 is 1. The predicted octanol–water partition coefficient (Wildman–Crippen LogP) is 5.45. The van der Waals surface area contributed by atoms with Crippen LogP contribution < -0.4 is 9.92 Å². The lowest BCUT2D eigenvalue weighted by Gasteiger charge is -2.40. The first-order valence-electron chi connectivity index (χ1n) is 8.57. The molecule has 0 N–H and O–H groups in total. The van der Waals surface area contributed by atoms with E-state index in [0.29, 0.717) is 5.04 Å². The summed E-state index contributed by atoms with van der Waals surface area (Å²) in [6.45, 7) is 17.3. The van der Waals surface area contributed by atoms with Gasteiger partial charge in [-0.1, -0.05) is 87.7 Å². The van der Waals surface area contributed by atoms with Crippen LogP contribution in [0.15, 0.2) is 46.8 Å². The molecular formula is C20H32OSi2. The molecule has 0 spiro atoms. The SMILES string of the molecule is COc1ccccc1[Si](C)(C)C1=C([Si](C)(C)C(C)(C)C)C=CC1. The van der Waals surface area contributed by atoms with Gasteiger partial charge in [-0.3, -0.25) is 0 Å². The van der Waals surface area contributed by atoms with E-state index in [2.05, 4.69) is 83.4 Å². The monoisotopic (exact) mass is 344 g/mol.